The average Bonchev–Trinajstić information content (AvgIpc) is 2.47. The van der Waals surface area contributed by atoms with E-state index in [2.05, 4.69) is 5.32 Å². The van der Waals surface area contributed by atoms with Gasteiger partial charge in [0.2, 0.25) is 0 Å². The summed E-state index contributed by atoms with van der Waals surface area (Å²) in [6.45, 7) is 0. The highest BCUT2D eigenvalue weighted by Crippen LogP contribution is 2.16. The first kappa shape index (κ1) is 10.4. The number of carbonyl (C=O) groups excluding carboxylic acids is 2. The summed E-state index contributed by atoms with van der Waals surface area (Å²) in [6, 6.07) is 9.10. The monoisotopic (exact) mass is 205 g/mol. The fourth-order valence-electron chi connectivity index (χ4n) is 1.24. The van der Waals surface area contributed by atoms with Crippen LogP contribution in [0.15, 0.2) is 36.4 Å². The van der Waals surface area contributed by atoms with Gasteiger partial charge in [-0.25, -0.2) is 0 Å². The van der Waals surface area contributed by atoms with Gasteiger partial charge in [-0.1, -0.05) is 30.3 Å². The van der Waals surface area contributed by atoms with Gasteiger partial charge in [0.25, 0.3) is 11.8 Å². The lowest BCUT2D eigenvalue weighted by Crippen LogP contribution is -2.21. The van der Waals surface area contributed by atoms with E-state index in [1.54, 1.807) is 12.1 Å². The van der Waals surface area contributed by atoms with Crippen LogP contribution in [-0.2, 0) is 9.59 Å². The summed E-state index contributed by atoms with van der Waals surface area (Å²) in [5.41, 5.74) is 1.21. The van der Waals surface area contributed by atoms with Gasteiger partial charge in [0.05, 0.1) is 5.57 Å². The molecule has 0 bridgehead atoms. The molecule has 3 nitrogen and oxygen atoms in total. The first-order valence-electron chi connectivity index (χ1n) is 3.90. The fraction of sp³-hybridized carbons (Fsp3) is 0. The Morgan fingerprint density at radius 2 is 1.64 bits per heavy atom. The van der Waals surface area contributed by atoms with Crippen molar-refractivity contribution in [2.75, 3.05) is 0 Å². The van der Waals surface area contributed by atoms with Crippen LogP contribution in [0, 0.1) is 0 Å². The van der Waals surface area contributed by atoms with Gasteiger partial charge < -0.3 is 0 Å². The Morgan fingerprint density at radius 3 is 2.14 bits per heavy atom. The molecule has 0 aliphatic carbocycles. The van der Waals surface area contributed by atoms with E-state index in [0.29, 0.717) is 5.57 Å². The molecule has 0 atom stereocenters. The molecule has 72 valence electrons. The van der Waals surface area contributed by atoms with E-state index in [-0.39, 0.29) is 22.8 Å². The molecule has 2 rings (SSSR count). The summed E-state index contributed by atoms with van der Waals surface area (Å²) in [4.78, 5) is 22.0. The number of benzene rings is 1. The SMILES string of the molecule is O=C1C=C(c2ccccc2)C(=O)N1.[SiH4]. The third-order valence-electron chi connectivity index (χ3n) is 1.84. The highest BCUT2D eigenvalue weighted by molar-refractivity contribution is 6.33. The van der Waals surface area contributed by atoms with Crippen LogP contribution in [0.1, 0.15) is 5.56 Å². The van der Waals surface area contributed by atoms with Crippen LogP contribution in [-0.4, -0.2) is 22.8 Å². The zero-order chi connectivity index (χ0) is 9.26. The van der Waals surface area contributed by atoms with Crippen molar-refractivity contribution in [2.24, 2.45) is 0 Å². The van der Waals surface area contributed by atoms with Crippen LogP contribution in [0.25, 0.3) is 5.57 Å². The third-order valence-corrected chi connectivity index (χ3v) is 1.84. The van der Waals surface area contributed by atoms with Gasteiger partial charge >= 0.3 is 0 Å². The zero-order valence-corrected chi connectivity index (χ0v) is 6.78. The van der Waals surface area contributed by atoms with Gasteiger partial charge in [-0.15, -0.1) is 0 Å². The standard InChI is InChI=1S/C10H7NO2.H4Si/c12-9-6-8(10(13)11-9)7-4-2-1-3-5-7;/h1-6H,(H,11,12,13);1H4. The summed E-state index contributed by atoms with van der Waals surface area (Å²) < 4.78 is 0. The minimum atomic E-state index is -0.344. The topological polar surface area (TPSA) is 46.2 Å². The smallest absolute Gasteiger partial charge is 0.258 e. The van der Waals surface area contributed by atoms with Crippen LogP contribution >= 0.6 is 0 Å². The third kappa shape index (κ3) is 1.80. The molecule has 0 radical (unpaired) electrons. The summed E-state index contributed by atoms with van der Waals surface area (Å²) in [7, 11) is 0. The van der Waals surface area contributed by atoms with E-state index in [1.807, 2.05) is 18.2 Å². The van der Waals surface area contributed by atoms with Gasteiger partial charge in [0.15, 0.2) is 0 Å². The van der Waals surface area contributed by atoms with Gasteiger partial charge in [0, 0.05) is 6.08 Å². The molecular formula is C10H11NO2Si. The van der Waals surface area contributed by atoms with Crippen molar-refractivity contribution in [3.05, 3.63) is 42.0 Å². The van der Waals surface area contributed by atoms with E-state index in [4.69, 9.17) is 0 Å². The van der Waals surface area contributed by atoms with Crippen LogP contribution in [0.4, 0.5) is 0 Å². The van der Waals surface area contributed by atoms with Gasteiger partial charge in [-0.2, -0.15) is 0 Å². The molecule has 14 heavy (non-hydrogen) atoms. The van der Waals surface area contributed by atoms with E-state index in [9.17, 15) is 9.59 Å². The lowest BCUT2D eigenvalue weighted by atomic mass is 10.1. The van der Waals surface area contributed by atoms with Crippen molar-refractivity contribution in [1.82, 2.24) is 5.32 Å². The van der Waals surface area contributed by atoms with Crippen molar-refractivity contribution < 1.29 is 9.59 Å². The Morgan fingerprint density at radius 1 is 1.00 bits per heavy atom. The Hall–Kier alpha value is -1.68. The molecular weight excluding hydrogens is 194 g/mol. The molecule has 2 amide bonds. The van der Waals surface area contributed by atoms with Crippen LogP contribution in [0.5, 0.6) is 0 Å². The fourth-order valence-corrected chi connectivity index (χ4v) is 1.24. The number of hydrogen-bond acceptors (Lipinski definition) is 2. The summed E-state index contributed by atoms with van der Waals surface area (Å²) in [6.07, 6.45) is 1.32. The molecule has 1 aliphatic rings. The number of carbonyl (C=O) groups is 2. The number of rotatable bonds is 1. The number of amides is 2. The molecule has 0 fully saturated rings. The predicted molar refractivity (Wildman–Crippen MR) is 58.9 cm³/mol. The van der Waals surface area contributed by atoms with Crippen LogP contribution in [0.2, 0.25) is 0 Å². The second-order valence-electron chi connectivity index (χ2n) is 2.74. The Bertz CT molecular complexity index is 398. The molecule has 4 heteroatoms. The van der Waals surface area contributed by atoms with Crippen LogP contribution < -0.4 is 5.32 Å². The molecule has 0 saturated heterocycles. The van der Waals surface area contributed by atoms with Gasteiger partial charge in [-0.3, -0.25) is 14.9 Å². The molecule has 1 heterocycles. The highest BCUT2D eigenvalue weighted by atomic mass is 28.1. The van der Waals surface area contributed by atoms with E-state index in [0.717, 1.165) is 5.56 Å². The lowest BCUT2D eigenvalue weighted by Gasteiger charge is -1.97. The molecule has 0 saturated carbocycles. The van der Waals surface area contributed by atoms with E-state index in [1.165, 1.54) is 6.08 Å². The minimum Gasteiger partial charge on any atom is -0.289 e. The van der Waals surface area contributed by atoms with Crippen molar-refractivity contribution in [3.63, 3.8) is 0 Å². The molecule has 0 unspecified atom stereocenters. The number of nitrogens with one attached hydrogen (secondary N) is 1. The maximum atomic E-state index is 11.2. The molecule has 1 aromatic rings. The number of hydrogen-bond donors (Lipinski definition) is 1. The second kappa shape index (κ2) is 4.02. The molecule has 1 aromatic carbocycles. The molecule has 0 spiro atoms. The molecule has 1 N–H and O–H groups in total. The zero-order valence-electron chi connectivity index (χ0n) is 6.78. The van der Waals surface area contributed by atoms with Crippen molar-refractivity contribution in [2.45, 2.75) is 0 Å². The summed E-state index contributed by atoms with van der Waals surface area (Å²) >= 11 is 0. The van der Waals surface area contributed by atoms with Gasteiger partial charge in [0.1, 0.15) is 0 Å². The Labute approximate surface area is 85.8 Å². The predicted octanol–water partition coefficient (Wildman–Crippen LogP) is -0.725. The lowest BCUT2D eigenvalue weighted by molar-refractivity contribution is -0.123. The quantitative estimate of drug-likeness (QED) is 0.485. The minimum absolute atomic E-state index is 0. The van der Waals surface area contributed by atoms with E-state index >= 15 is 0 Å². The Kier molecular flexibility index (Phi) is 2.98. The Balaban J connectivity index is 0.000000980. The molecule has 0 aromatic heterocycles. The number of imide groups is 1. The molecule has 1 aliphatic heterocycles. The normalized spacial score (nSPS) is 14.4. The second-order valence-corrected chi connectivity index (χ2v) is 2.74. The largest absolute Gasteiger partial charge is 0.289 e. The summed E-state index contributed by atoms with van der Waals surface area (Å²) in [5.74, 6) is -0.667. The van der Waals surface area contributed by atoms with E-state index < -0.39 is 0 Å². The average molecular weight is 205 g/mol. The van der Waals surface area contributed by atoms with Crippen molar-refractivity contribution >= 4 is 28.4 Å². The summed E-state index contributed by atoms with van der Waals surface area (Å²) in [5, 5.41) is 2.19. The van der Waals surface area contributed by atoms with Crippen molar-refractivity contribution in [3.8, 4) is 0 Å². The van der Waals surface area contributed by atoms with Gasteiger partial charge in [-0.05, 0) is 16.5 Å². The maximum Gasteiger partial charge on any atom is 0.258 e. The maximum absolute atomic E-state index is 11.2. The first-order chi connectivity index (χ1) is 6.27. The van der Waals surface area contributed by atoms with Crippen LogP contribution in [0.3, 0.4) is 0 Å². The highest BCUT2D eigenvalue weighted by Gasteiger charge is 2.21. The van der Waals surface area contributed by atoms with Crippen molar-refractivity contribution in [1.29, 1.82) is 0 Å². The first-order valence-corrected chi connectivity index (χ1v) is 3.90.